The Morgan fingerprint density at radius 1 is 1.13 bits per heavy atom. The fourth-order valence-corrected chi connectivity index (χ4v) is 1.13. The minimum absolute atomic E-state index is 0.471. The Morgan fingerprint density at radius 2 is 1.93 bits per heavy atom. The average molecular weight is 201 g/mol. The molecule has 0 radical (unpaired) electrons. The zero-order valence-electron chi connectivity index (χ0n) is 8.13. The Kier molecular flexibility index (Phi) is 2.78. The average Bonchev–Trinajstić information content (AvgIpc) is 2.30. The molecular weight excluding hydrogens is 190 g/mol. The molecule has 0 unspecified atom stereocenters. The molecule has 0 saturated carbocycles. The lowest BCUT2D eigenvalue weighted by atomic mass is 10.2. The molecule has 0 saturated heterocycles. The highest BCUT2D eigenvalue weighted by Gasteiger charge is 1.96. The second-order valence-corrected chi connectivity index (χ2v) is 3.07. The highest BCUT2D eigenvalue weighted by molar-refractivity contribution is 5.39. The van der Waals surface area contributed by atoms with Gasteiger partial charge in [-0.15, -0.1) is 0 Å². The summed E-state index contributed by atoms with van der Waals surface area (Å²) >= 11 is 0. The molecule has 4 heteroatoms. The molecule has 1 aromatic carbocycles. The third-order valence-corrected chi connectivity index (χ3v) is 1.91. The van der Waals surface area contributed by atoms with Gasteiger partial charge < -0.3 is 10.5 Å². The molecule has 4 nitrogen and oxygen atoms in total. The van der Waals surface area contributed by atoms with E-state index in [1.54, 1.807) is 18.6 Å². The van der Waals surface area contributed by atoms with Crippen LogP contribution in [0.25, 0.3) is 0 Å². The third-order valence-electron chi connectivity index (χ3n) is 1.91. The number of aromatic nitrogens is 2. The minimum Gasteiger partial charge on any atom is -0.472 e. The first kappa shape index (κ1) is 9.45. The van der Waals surface area contributed by atoms with E-state index in [2.05, 4.69) is 9.97 Å². The Morgan fingerprint density at radius 3 is 2.60 bits per heavy atom. The van der Waals surface area contributed by atoms with Gasteiger partial charge in [0, 0.05) is 18.1 Å². The van der Waals surface area contributed by atoms with E-state index in [9.17, 15) is 0 Å². The third kappa shape index (κ3) is 2.67. The van der Waals surface area contributed by atoms with E-state index in [1.807, 2.05) is 24.3 Å². The molecule has 2 rings (SSSR count). The summed E-state index contributed by atoms with van der Waals surface area (Å²) in [6.07, 6.45) is 4.78. The van der Waals surface area contributed by atoms with Crippen LogP contribution >= 0.6 is 0 Å². The van der Waals surface area contributed by atoms with Crippen molar-refractivity contribution in [2.75, 3.05) is 5.73 Å². The summed E-state index contributed by atoms with van der Waals surface area (Å²) in [6.45, 7) is 0.471. The molecule has 0 fully saturated rings. The van der Waals surface area contributed by atoms with Crippen LogP contribution in [0.4, 0.5) is 5.69 Å². The molecule has 76 valence electrons. The highest BCUT2D eigenvalue weighted by atomic mass is 16.5. The van der Waals surface area contributed by atoms with Crippen LogP contribution in [0.3, 0.4) is 0 Å². The van der Waals surface area contributed by atoms with Crippen molar-refractivity contribution in [1.29, 1.82) is 0 Å². The number of hydrogen-bond donors (Lipinski definition) is 1. The van der Waals surface area contributed by atoms with Crippen LogP contribution in [0.15, 0.2) is 42.9 Å². The van der Waals surface area contributed by atoms with Crippen LogP contribution < -0.4 is 10.5 Å². The zero-order valence-corrected chi connectivity index (χ0v) is 8.13. The summed E-state index contributed by atoms with van der Waals surface area (Å²) in [6, 6.07) is 7.53. The molecule has 1 aromatic heterocycles. The monoisotopic (exact) mass is 201 g/mol. The Labute approximate surface area is 87.7 Å². The number of benzene rings is 1. The largest absolute Gasteiger partial charge is 0.472 e. The van der Waals surface area contributed by atoms with Crippen molar-refractivity contribution in [1.82, 2.24) is 9.97 Å². The zero-order chi connectivity index (χ0) is 10.5. The number of anilines is 1. The smallest absolute Gasteiger partial charge is 0.232 e. The Hall–Kier alpha value is -2.10. The van der Waals surface area contributed by atoms with Gasteiger partial charge in [0.1, 0.15) is 6.61 Å². The number of nitrogens with two attached hydrogens (primary N) is 1. The molecule has 0 aliphatic carbocycles. The van der Waals surface area contributed by atoms with Gasteiger partial charge in [0.15, 0.2) is 0 Å². The number of nitrogen functional groups attached to an aromatic ring is 1. The molecule has 15 heavy (non-hydrogen) atoms. The van der Waals surface area contributed by atoms with Gasteiger partial charge in [-0.3, -0.25) is 4.98 Å². The fourth-order valence-electron chi connectivity index (χ4n) is 1.13. The quantitative estimate of drug-likeness (QED) is 0.767. The van der Waals surface area contributed by atoms with Crippen molar-refractivity contribution in [3.63, 3.8) is 0 Å². The van der Waals surface area contributed by atoms with Gasteiger partial charge >= 0.3 is 0 Å². The van der Waals surface area contributed by atoms with Gasteiger partial charge in [0.05, 0.1) is 6.20 Å². The van der Waals surface area contributed by atoms with Crippen molar-refractivity contribution >= 4 is 5.69 Å². The van der Waals surface area contributed by atoms with E-state index in [4.69, 9.17) is 10.5 Å². The summed E-state index contributed by atoms with van der Waals surface area (Å²) in [4.78, 5) is 7.91. The van der Waals surface area contributed by atoms with Gasteiger partial charge in [-0.2, -0.15) is 0 Å². The van der Waals surface area contributed by atoms with E-state index in [0.29, 0.717) is 12.5 Å². The van der Waals surface area contributed by atoms with Crippen LogP contribution in [-0.2, 0) is 6.61 Å². The van der Waals surface area contributed by atoms with Crippen LogP contribution in [0.1, 0.15) is 5.56 Å². The van der Waals surface area contributed by atoms with Crippen molar-refractivity contribution in [2.24, 2.45) is 0 Å². The maximum absolute atomic E-state index is 5.57. The SMILES string of the molecule is Nc1ccc(COc2cnccn2)cc1. The lowest BCUT2D eigenvalue weighted by Gasteiger charge is -2.04. The molecule has 0 atom stereocenters. The van der Waals surface area contributed by atoms with Crippen LogP contribution in [0.2, 0.25) is 0 Å². The van der Waals surface area contributed by atoms with Crippen molar-refractivity contribution < 1.29 is 4.74 Å². The standard InChI is InChI=1S/C11H11N3O/c12-10-3-1-9(2-4-10)8-15-11-7-13-5-6-14-11/h1-7H,8,12H2. The molecule has 0 bridgehead atoms. The lowest BCUT2D eigenvalue weighted by molar-refractivity contribution is 0.292. The molecule has 1 heterocycles. The molecular formula is C11H11N3O. The summed E-state index contributed by atoms with van der Waals surface area (Å²) in [7, 11) is 0. The van der Waals surface area contributed by atoms with Gasteiger partial charge in [-0.25, -0.2) is 4.98 Å². The summed E-state index contributed by atoms with van der Waals surface area (Å²) in [5, 5.41) is 0. The summed E-state index contributed by atoms with van der Waals surface area (Å²) < 4.78 is 5.42. The normalized spacial score (nSPS) is 9.87. The van der Waals surface area contributed by atoms with Gasteiger partial charge in [-0.05, 0) is 17.7 Å². The molecule has 0 amide bonds. The van der Waals surface area contributed by atoms with E-state index in [-0.39, 0.29) is 0 Å². The van der Waals surface area contributed by atoms with E-state index in [0.717, 1.165) is 11.3 Å². The highest BCUT2D eigenvalue weighted by Crippen LogP contribution is 2.09. The molecule has 0 aliphatic heterocycles. The summed E-state index contributed by atoms with van der Waals surface area (Å²) in [5.41, 5.74) is 7.37. The maximum Gasteiger partial charge on any atom is 0.232 e. The topological polar surface area (TPSA) is 61.0 Å². The van der Waals surface area contributed by atoms with Gasteiger partial charge in [-0.1, -0.05) is 12.1 Å². The first-order valence-electron chi connectivity index (χ1n) is 4.58. The molecule has 0 spiro atoms. The predicted molar refractivity (Wildman–Crippen MR) is 57.2 cm³/mol. The Balaban J connectivity index is 1.96. The number of hydrogen-bond acceptors (Lipinski definition) is 4. The number of rotatable bonds is 3. The molecule has 0 aliphatic rings. The van der Waals surface area contributed by atoms with Gasteiger partial charge in [0.25, 0.3) is 0 Å². The number of nitrogens with zero attached hydrogens (tertiary/aromatic N) is 2. The minimum atomic E-state index is 0.471. The number of ether oxygens (including phenoxy) is 1. The van der Waals surface area contributed by atoms with Crippen LogP contribution in [-0.4, -0.2) is 9.97 Å². The lowest BCUT2D eigenvalue weighted by Crippen LogP contribution is -1.97. The second-order valence-electron chi connectivity index (χ2n) is 3.07. The fraction of sp³-hybridized carbons (Fsp3) is 0.0909. The van der Waals surface area contributed by atoms with Crippen molar-refractivity contribution in [3.05, 3.63) is 48.4 Å². The first-order valence-corrected chi connectivity index (χ1v) is 4.58. The van der Waals surface area contributed by atoms with E-state index < -0.39 is 0 Å². The van der Waals surface area contributed by atoms with Crippen molar-refractivity contribution in [2.45, 2.75) is 6.61 Å². The van der Waals surface area contributed by atoms with E-state index >= 15 is 0 Å². The summed E-state index contributed by atoms with van der Waals surface area (Å²) in [5.74, 6) is 0.523. The first-order chi connectivity index (χ1) is 7.34. The Bertz CT molecular complexity index is 414. The molecule has 2 N–H and O–H groups in total. The van der Waals surface area contributed by atoms with E-state index in [1.165, 1.54) is 0 Å². The maximum atomic E-state index is 5.57. The predicted octanol–water partition coefficient (Wildman–Crippen LogP) is 1.64. The van der Waals surface area contributed by atoms with Gasteiger partial charge in [0.2, 0.25) is 5.88 Å². The second kappa shape index (κ2) is 4.41. The van der Waals surface area contributed by atoms with Crippen molar-refractivity contribution in [3.8, 4) is 5.88 Å². The van der Waals surface area contributed by atoms with Crippen LogP contribution in [0, 0.1) is 0 Å². The van der Waals surface area contributed by atoms with Crippen LogP contribution in [0.5, 0.6) is 5.88 Å². The molecule has 2 aromatic rings.